The zero-order chi connectivity index (χ0) is 22.2. The predicted octanol–water partition coefficient (Wildman–Crippen LogP) is 3.04. The summed E-state index contributed by atoms with van der Waals surface area (Å²) in [4.78, 5) is 20.8. The molecule has 1 aromatic heterocycles. The van der Waals surface area contributed by atoms with Crippen molar-refractivity contribution in [3.05, 3.63) is 41.8 Å². The van der Waals surface area contributed by atoms with Gasteiger partial charge in [0, 0.05) is 24.2 Å². The van der Waals surface area contributed by atoms with E-state index < -0.39 is 0 Å². The van der Waals surface area contributed by atoms with Gasteiger partial charge in [0.25, 0.3) is 0 Å². The van der Waals surface area contributed by atoms with Crippen LogP contribution in [-0.2, 0) is 4.79 Å². The van der Waals surface area contributed by atoms with Crippen molar-refractivity contribution in [2.45, 2.75) is 45.2 Å². The molecule has 1 saturated carbocycles. The Morgan fingerprint density at radius 2 is 2.03 bits per heavy atom. The van der Waals surface area contributed by atoms with Crippen LogP contribution in [0.3, 0.4) is 0 Å². The second-order valence-electron chi connectivity index (χ2n) is 7.67. The summed E-state index contributed by atoms with van der Waals surface area (Å²) >= 11 is 0. The van der Waals surface area contributed by atoms with Crippen molar-refractivity contribution in [3.8, 4) is 11.8 Å². The highest BCUT2D eigenvalue weighted by Gasteiger charge is 2.29. The first-order chi connectivity index (χ1) is 15.0. The van der Waals surface area contributed by atoms with Crippen molar-refractivity contribution in [3.63, 3.8) is 0 Å². The Morgan fingerprint density at radius 3 is 2.71 bits per heavy atom. The van der Waals surface area contributed by atoms with Gasteiger partial charge < -0.3 is 21.3 Å². The highest BCUT2D eigenvalue weighted by atomic mass is 19.1. The van der Waals surface area contributed by atoms with Crippen LogP contribution < -0.4 is 21.3 Å². The highest BCUT2D eigenvalue weighted by molar-refractivity contribution is 5.81. The Labute approximate surface area is 182 Å². The van der Waals surface area contributed by atoms with Gasteiger partial charge in [-0.25, -0.2) is 9.37 Å². The standard InChI is InChI=1S/C23H29FN6O/c1-4-11-26-21-17(6-5-16-12-20(13-16)28-22(31)15(2)25-3)14-27-23(30-21)29-19-9-7-18(24)8-10-19/h7-10,14-16,20,25H,4,11-13H2,1-3H3,(H,28,31)(H2,26,27,29,30)/t15-,16?,20?/m0/s1. The third-order valence-electron chi connectivity index (χ3n) is 5.15. The first-order valence-electron chi connectivity index (χ1n) is 10.6. The molecular weight excluding hydrogens is 395 g/mol. The largest absolute Gasteiger partial charge is 0.369 e. The SMILES string of the molecule is CCCNc1nc(Nc2ccc(F)cc2)ncc1C#CC1CC(NC(=O)[C@H](C)NC)C1. The number of nitrogens with one attached hydrogen (secondary N) is 4. The van der Waals surface area contributed by atoms with Crippen molar-refractivity contribution in [2.75, 3.05) is 24.2 Å². The lowest BCUT2D eigenvalue weighted by Gasteiger charge is -2.33. The van der Waals surface area contributed by atoms with E-state index in [1.54, 1.807) is 25.4 Å². The number of likely N-dealkylation sites (N-methyl/N-ethyl adjacent to an activating group) is 1. The Morgan fingerprint density at radius 1 is 1.29 bits per heavy atom. The Bertz CT molecular complexity index is 947. The van der Waals surface area contributed by atoms with Crippen LogP contribution in [0.15, 0.2) is 30.5 Å². The quantitative estimate of drug-likeness (QED) is 0.487. The molecule has 0 saturated heterocycles. The third-order valence-corrected chi connectivity index (χ3v) is 5.15. The van der Waals surface area contributed by atoms with Gasteiger partial charge in [0.1, 0.15) is 11.6 Å². The second kappa shape index (κ2) is 10.7. The zero-order valence-electron chi connectivity index (χ0n) is 18.1. The number of anilines is 3. The molecule has 1 aromatic carbocycles. The molecule has 3 rings (SSSR count). The summed E-state index contributed by atoms with van der Waals surface area (Å²) in [6.07, 6.45) is 4.33. The minimum Gasteiger partial charge on any atom is -0.369 e. The minimum atomic E-state index is -0.295. The molecule has 1 aliphatic rings. The zero-order valence-corrected chi connectivity index (χ0v) is 18.1. The molecule has 0 spiro atoms. The Balaban J connectivity index is 1.63. The first kappa shape index (κ1) is 22.5. The maximum atomic E-state index is 13.1. The summed E-state index contributed by atoms with van der Waals surface area (Å²) in [5.74, 6) is 7.51. The van der Waals surface area contributed by atoms with E-state index in [0.29, 0.717) is 17.5 Å². The van der Waals surface area contributed by atoms with Gasteiger partial charge in [-0.3, -0.25) is 4.79 Å². The van der Waals surface area contributed by atoms with E-state index in [0.717, 1.165) is 31.4 Å². The lowest BCUT2D eigenvalue weighted by atomic mass is 9.80. The number of carbonyl (C=O) groups is 1. The van der Waals surface area contributed by atoms with Gasteiger partial charge in [-0.1, -0.05) is 18.8 Å². The molecule has 31 heavy (non-hydrogen) atoms. The van der Waals surface area contributed by atoms with Crippen LogP contribution >= 0.6 is 0 Å². The van der Waals surface area contributed by atoms with E-state index in [1.165, 1.54) is 12.1 Å². The summed E-state index contributed by atoms with van der Waals surface area (Å²) in [5, 5.41) is 12.3. The van der Waals surface area contributed by atoms with E-state index in [9.17, 15) is 9.18 Å². The minimum absolute atomic E-state index is 0.0163. The smallest absolute Gasteiger partial charge is 0.237 e. The van der Waals surface area contributed by atoms with E-state index >= 15 is 0 Å². The number of hydrogen-bond donors (Lipinski definition) is 4. The fourth-order valence-corrected chi connectivity index (χ4v) is 3.06. The van der Waals surface area contributed by atoms with Crippen LogP contribution in [0.1, 0.15) is 38.7 Å². The molecule has 1 atom stereocenters. The van der Waals surface area contributed by atoms with Crippen molar-refractivity contribution >= 4 is 23.4 Å². The topological polar surface area (TPSA) is 91.0 Å². The molecule has 2 aromatic rings. The van der Waals surface area contributed by atoms with E-state index in [2.05, 4.69) is 50.0 Å². The monoisotopic (exact) mass is 424 g/mol. The van der Waals surface area contributed by atoms with Gasteiger partial charge in [-0.15, -0.1) is 0 Å². The Kier molecular flexibility index (Phi) is 7.79. The van der Waals surface area contributed by atoms with Gasteiger partial charge in [0.2, 0.25) is 11.9 Å². The van der Waals surface area contributed by atoms with Gasteiger partial charge in [-0.2, -0.15) is 4.98 Å². The third kappa shape index (κ3) is 6.40. The molecule has 0 radical (unpaired) electrons. The number of halogens is 1. The number of benzene rings is 1. The van der Waals surface area contributed by atoms with E-state index in [-0.39, 0.29) is 29.7 Å². The first-order valence-corrected chi connectivity index (χ1v) is 10.6. The van der Waals surface area contributed by atoms with Crippen molar-refractivity contribution in [1.82, 2.24) is 20.6 Å². The van der Waals surface area contributed by atoms with Crippen LogP contribution in [-0.4, -0.2) is 41.6 Å². The lowest BCUT2D eigenvalue weighted by Crippen LogP contribution is -2.49. The summed E-state index contributed by atoms with van der Waals surface area (Å²) in [6, 6.07) is 6.01. The molecule has 0 bridgehead atoms. The van der Waals surface area contributed by atoms with Gasteiger partial charge in [0.05, 0.1) is 17.8 Å². The lowest BCUT2D eigenvalue weighted by molar-refractivity contribution is -0.124. The van der Waals surface area contributed by atoms with Crippen LogP contribution in [0, 0.1) is 23.6 Å². The van der Waals surface area contributed by atoms with E-state index in [1.807, 2.05) is 6.92 Å². The van der Waals surface area contributed by atoms with Crippen molar-refractivity contribution < 1.29 is 9.18 Å². The average Bonchev–Trinajstić information content (AvgIpc) is 2.75. The number of hydrogen-bond acceptors (Lipinski definition) is 6. The Hall–Kier alpha value is -3.18. The predicted molar refractivity (Wildman–Crippen MR) is 121 cm³/mol. The summed E-state index contributed by atoms with van der Waals surface area (Å²) in [7, 11) is 1.77. The summed E-state index contributed by atoms with van der Waals surface area (Å²) < 4.78 is 13.1. The molecule has 0 unspecified atom stereocenters. The molecule has 7 nitrogen and oxygen atoms in total. The number of carbonyl (C=O) groups excluding carboxylic acids is 1. The number of rotatable bonds is 8. The van der Waals surface area contributed by atoms with Crippen molar-refractivity contribution in [2.24, 2.45) is 5.92 Å². The van der Waals surface area contributed by atoms with Gasteiger partial charge >= 0.3 is 0 Å². The molecule has 1 aliphatic carbocycles. The normalized spacial score (nSPS) is 18.2. The summed E-state index contributed by atoms with van der Waals surface area (Å²) in [5.41, 5.74) is 1.44. The molecule has 1 fully saturated rings. The maximum absolute atomic E-state index is 13.1. The molecule has 8 heteroatoms. The molecular formula is C23H29FN6O. The van der Waals surface area contributed by atoms with Crippen LogP contribution in [0.25, 0.3) is 0 Å². The molecule has 1 amide bonds. The highest BCUT2D eigenvalue weighted by Crippen LogP contribution is 2.27. The van der Waals surface area contributed by atoms with Gasteiger partial charge in [0.15, 0.2) is 0 Å². The van der Waals surface area contributed by atoms with Crippen LogP contribution in [0.5, 0.6) is 0 Å². The van der Waals surface area contributed by atoms with Gasteiger partial charge in [-0.05, 0) is 57.5 Å². The molecule has 4 N–H and O–H groups in total. The fourth-order valence-electron chi connectivity index (χ4n) is 3.06. The maximum Gasteiger partial charge on any atom is 0.237 e. The molecule has 0 aliphatic heterocycles. The second-order valence-corrected chi connectivity index (χ2v) is 7.67. The van der Waals surface area contributed by atoms with Crippen LogP contribution in [0.2, 0.25) is 0 Å². The van der Waals surface area contributed by atoms with Crippen molar-refractivity contribution in [1.29, 1.82) is 0 Å². The molecule has 164 valence electrons. The number of nitrogens with zero attached hydrogens (tertiary/aromatic N) is 2. The summed E-state index contributed by atoms with van der Waals surface area (Å²) in [6.45, 7) is 4.68. The number of aromatic nitrogens is 2. The van der Waals surface area contributed by atoms with Crippen LogP contribution in [0.4, 0.5) is 21.8 Å². The molecule has 1 heterocycles. The fraction of sp³-hybridized carbons (Fsp3) is 0.435. The average molecular weight is 425 g/mol. The van der Waals surface area contributed by atoms with E-state index in [4.69, 9.17) is 0 Å². The number of amides is 1.